The third-order valence-corrected chi connectivity index (χ3v) is 7.81. The fraction of sp³-hybridized carbons (Fsp3) is 0.167. The first-order valence-electron chi connectivity index (χ1n) is 10.00. The average Bonchev–Trinajstić information content (AvgIpc) is 3.24. The molecule has 0 atom stereocenters. The zero-order valence-corrected chi connectivity index (χ0v) is 19.7. The first-order chi connectivity index (χ1) is 15.7. The molecule has 0 aromatic heterocycles. The fourth-order valence-electron chi connectivity index (χ4n) is 3.78. The van der Waals surface area contributed by atoms with Gasteiger partial charge in [-0.2, -0.15) is 0 Å². The molecule has 3 aromatic carbocycles. The van der Waals surface area contributed by atoms with Gasteiger partial charge in [0.2, 0.25) is 0 Å². The Morgan fingerprint density at radius 2 is 1.82 bits per heavy atom. The third kappa shape index (κ3) is 4.70. The lowest BCUT2D eigenvalue weighted by Crippen LogP contribution is -2.30. The molecule has 1 aliphatic heterocycles. The number of rotatable bonds is 6. The molecule has 0 saturated heterocycles. The summed E-state index contributed by atoms with van der Waals surface area (Å²) < 4.78 is 29.0. The highest BCUT2D eigenvalue weighted by Crippen LogP contribution is 2.34. The monoisotopic (exact) mass is 545 g/mol. The van der Waals surface area contributed by atoms with Gasteiger partial charge in [0, 0.05) is 23.1 Å². The Hall–Kier alpha value is -3.21. The smallest absolute Gasteiger partial charge is 0.337 e. The first-order valence-corrected chi connectivity index (χ1v) is 12.2. The quantitative estimate of drug-likeness (QED) is 0.424. The van der Waals surface area contributed by atoms with Gasteiger partial charge in [0.1, 0.15) is 0 Å². The number of nitrogens with one attached hydrogen (secondary N) is 1. The van der Waals surface area contributed by atoms with Gasteiger partial charge in [-0.25, -0.2) is 13.2 Å². The lowest BCUT2D eigenvalue weighted by atomic mass is 10.1. The predicted molar refractivity (Wildman–Crippen MR) is 135 cm³/mol. The van der Waals surface area contributed by atoms with Crippen molar-refractivity contribution in [3.05, 3.63) is 87.4 Å². The summed E-state index contributed by atoms with van der Waals surface area (Å²) in [7, 11) is -3.98. The van der Waals surface area contributed by atoms with Crippen LogP contribution in [-0.2, 0) is 23.0 Å². The van der Waals surface area contributed by atoms with E-state index in [2.05, 4.69) is 21.2 Å². The first kappa shape index (κ1) is 25.4. The van der Waals surface area contributed by atoms with Crippen molar-refractivity contribution in [2.75, 3.05) is 16.2 Å². The van der Waals surface area contributed by atoms with E-state index in [9.17, 15) is 23.1 Å². The maximum atomic E-state index is 13.5. The lowest BCUT2D eigenvalue weighted by molar-refractivity contribution is 0.0698. The Labute approximate surface area is 206 Å². The second kappa shape index (κ2) is 9.96. The number of halogens is 1. The molecule has 0 unspecified atom stereocenters. The zero-order chi connectivity index (χ0) is 23.8. The number of carboxylic acid groups (broad SMARTS) is 1. The Bertz CT molecular complexity index is 1370. The standard InChI is InChI=1S/C23H20BrN3O5S.CH4/c24-17-7-8-19(18(12-17)23(29)30)26-22(28)15-5-6-16(13-25)21(11-15)33(31,32)27-10-9-14-3-1-2-4-20(14)27;/h1-8,11-12H,9-10,13,25H2,(H,26,28)(H,29,30);1H4. The number of anilines is 2. The summed E-state index contributed by atoms with van der Waals surface area (Å²) >= 11 is 3.21. The SMILES string of the molecule is C.NCc1ccc(C(=O)Nc2ccc(Br)cc2C(=O)O)cc1S(=O)(=O)N1CCc2ccccc21. The van der Waals surface area contributed by atoms with Crippen molar-refractivity contribution in [1.82, 2.24) is 0 Å². The van der Waals surface area contributed by atoms with Crippen LogP contribution in [0.4, 0.5) is 11.4 Å². The van der Waals surface area contributed by atoms with E-state index >= 15 is 0 Å². The van der Waals surface area contributed by atoms with Gasteiger partial charge in [-0.3, -0.25) is 9.10 Å². The zero-order valence-electron chi connectivity index (χ0n) is 17.3. The van der Waals surface area contributed by atoms with Crippen LogP contribution in [0.1, 0.15) is 39.3 Å². The van der Waals surface area contributed by atoms with Crippen LogP contribution < -0.4 is 15.4 Å². The molecule has 0 bridgehead atoms. The highest BCUT2D eigenvalue weighted by molar-refractivity contribution is 9.10. The Morgan fingerprint density at radius 3 is 2.53 bits per heavy atom. The maximum Gasteiger partial charge on any atom is 0.337 e. The van der Waals surface area contributed by atoms with Gasteiger partial charge < -0.3 is 16.2 Å². The number of fused-ring (bicyclic) bond motifs is 1. The number of aromatic carboxylic acids is 1. The van der Waals surface area contributed by atoms with Crippen LogP contribution >= 0.6 is 15.9 Å². The molecule has 0 aliphatic carbocycles. The summed E-state index contributed by atoms with van der Waals surface area (Å²) in [6, 6.07) is 16.0. The van der Waals surface area contributed by atoms with E-state index in [4.69, 9.17) is 5.73 Å². The van der Waals surface area contributed by atoms with E-state index < -0.39 is 21.9 Å². The molecule has 0 spiro atoms. The van der Waals surface area contributed by atoms with E-state index in [0.717, 1.165) is 5.56 Å². The molecule has 8 nitrogen and oxygen atoms in total. The highest BCUT2D eigenvalue weighted by Gasteiger charge is 2.32. The second-order valence-corrected chi connectivity index (χ2v) is 10.2. The maximum absolute atomic E-state index is 13.5. The van der Waals surface area contributed by atoms with Crippen LogP contribution in [0.3, 0.4) is 0 Å². The van der Waals surface area contributed by atoms with Crippen molar-refractivity contribution in [3.8, 4) is 0 Å². The molecule has 0 radical (unpaired) electrons. The number of nitrogens with zero attached hydrogens (tertiary/aromatic N) is 1. The average molecular weight is 546 g/mol. The van der Waals surface area contributed by atoms with E-state index in [1.165, 1.54) is 34.6 Å². The van der Waals surface area contributed by atoms with Crippen molar-refractivity contribution >= 4 is 49.2 Å². The van der Waals surface area contributed by atoms with Crippen LogP contribution in [0.25, 0.3) is 0 Å². The van der Waals surface area contributed by atoms with E-state index in [-0.39, 0.29) is 35.7 Å². The third-order valence-electron chi connectivity index (χ3n) is 5.42. The number of hydrogen-bond donors (Lipinski definition) is 3. The topological polar surface area (TPSA) is 130 Å². The van der Waals surface area contributed by atoms with Crippen molar-refractivity contribution in [2.45, 2.75) is 25.3 Å². The van der Waals surface area contributed by atoms with Gasteiger partial charge in [0.15, 0.2) is 0 Å². The number of hydrogen-bond acceptors (Lipinski definition) is 5. The molecule has 178 valence electrons. The van der Waals surface area contributed by atoms with Crippen molar-refractivity contribution in [2.24, 2.45) is 5.73 Å². The fourth-order valence-corrected chi connectivity index (χ4v) is 5.90. The highest BCUT2D eigenvalue weighted by atomic mass is 79.9. The molecule has 0 fully saturated rings. The lowest BCUT2D eigenvalue weighted by Gasteiger charge is -2.21. The summed E-state index contributed by atoms with van der Waals surface area (Å²) in [6.07, 6.45) is 0.592. The van der Waals surface area contributed by atoms with Crippen molar-refractivity contribution in [3.63, 3.8) is 0 Å². The van der Waals surface area contributed by atoms with E-state index in [0.29, 0.717) is 28.7 Å². The molecule has 10 heteroatoms. The summed E-state index contributed by atoms with van der Waals surface area (Å²) in [5.41, 5.74) is 7.79. The van der Waals surface area contributed by atoms with Crippen LogP contribution in [0.2, 0.25) is 0 Å². The number of amides is 1. The minimum Gasteiger partial charge on any atom is -0.478 e. The predicted octanol–water partition coefficient (Wildman–Crippen LogP) is 4.25. The van der Waals surface area contributed by atoms with Gasteiger partial charge >= 0.3 is 5.97 Å². The number of sulfonamides is 1. The van der Waals surface area contributed by atoms with Crippen LogP contribution in [0.15, 0.2) is 70.0 Å². The molecular formula is C24H24BrN3O5S. The second-order valence-electron chi connectivity index (χ2n) is 7.43. The molecule has 4 rings (SSSR count). The molecular weight excluding hydrogens is 522 g/mol. The minimum absolute atomic E-state index is 0. The molecule has 4 N–H and O–H groups in total. The van der Waals surface area contributed by atoms with Crippen LogP contribution in [0, 0.1) is 0 Å². The molecule has 0 saturated carbocycles. The summed E-state index contributed by atoms with van der Waals surface area (Å²) in [4.78, 5) is 24.4. The Kier molecular flexibility index (Phi) is 7.44. The number of carboxylic acids is 1. The van der Waals surface area contributed by atoms with Gasteiger partial charge in [0.05, 0.1) is 21.8 Å². The van der Waals surface area contributed by atoms with Gasteiger partial charge in [-0.15, -0.1) is 0 Å². The van der Waals surface area contributed by atoms with Gasteiger partial charge in [-0.1, -0.05) is 47.6 Å². The molecule has 34 heavy (non-hydrogen) atoms. The normalized spacial score (nSPS) is 12.6. The van der Waals surface area contributed by atoms with Gasteiger partial charge in [-0.05, 0) is 53.9 Å². The number of benzene rings is 3. The van der Waals surface area contributed by atoms with E-state index in [1.54, 1.807) is 18.2 Å². The minimum atomic E-state index is -3.98. The van der Waals surface area contributed by atoms with Crippen LogP contribution in [0.5, 0.6) is 0 Å². The largest absolute Gasteiger partial charge is 0.478 e. The van der Waals surface area contributed by atoms with E-state index in [1.807, 2.05) is 12.1 Å². The molecule has 3 aromatic rings. The van der Waals surface area contributed by atoms with Crippen molar-refractivity contribution < 1.29 is 23.1 Å². The Morgan fingerprint density at radius 1 is 1.09 bits per heavy atom. The number of para-hydroxylation sites is 1. The molecule has 1 amide bonds. The van der Waals surface area contributed by atoms with Crippen molar-refractivity contribution in [1.29, 1.82) is 0 Å². The molecule has 1 heterocycles. The summed E-state index contributed by atoms with van der Waals surface area (Å²) in [6.45, 7) is 0.269. The number of carbonyl (C=O) groups is 2. The number of carbonyl (C=O) groups excluding carboxylic acids is 1. The molecule has 1 aliphatic rings. The van der Waals surface area contributed by atoms with Crippen LogP contribution in [-0.4, -0.2) is 31.9 Å². The Balaban J connectivity index is 0.00000324. The number of nitrogens with two attached hydrogens (primary N) is 1. The van der Waals surface area contributed by atoms with Gasteiger partial charge in [0.25, 0.3) is 15.9 Å². The summed E-state index contributed by atoms with van der Waals surface area (Å²) in [5.74, 6) is -1.84. The summed E-state index contributed by atoms with van der Waals surface area (Å²) in [5, 5.41) is 12.0.